The van der Waals surface area contributed by atoms with Crippen LogP contribution < -0.4 is 10.6 Å². The van der Waals surface area contributed by atoms with E-state index in [0.29, 0.717) is 26.8 Å². The molecule has 2 atom stereocenters. The number of nitrogens with zero attached hydrogens (tertiary/aromatic N) is 5. The maximum absolute atomic E-state index is 12.4. The van der Waals surface area contributed by atoms with Crippen molar-refractivity contribution in [1.29, 1.82) is 0 Å². The maximum Gasteiger partial charge on any atom is 0.318 e. The SMILES string of the molecule is [C-]#[N+]C1CN(c2ncnc3cc(Cl)c(-c4ccc(Cl)cc4)cc23)C[C@@H](C(N)=O)N1C(=O)C=C. The van der Waals surface area contributed by atoms with Gasteiger partial charge in [-0.25, -0.2) is 16.5 Å². The summed E-state index contributed by atoms with van der Waals surface area (Å²) in [5.41, 5.74) is 7.81. The molecular weight excluding hydrogens is 463 g/mol. The molecular formula is C23H18Cl2N6O2. The monoisotopic (exact) mass is 480 g/mol. The van der Waals surface area contributed by atoms with Gasteiger partial charge in [0.1, 0.15) is 24.7 Å². The van der Waals surface area contributed by atoms with Crippen molar-refractivity contribution in [2.24, 2.45) is 5.73 Å². The van der Waals surface area contributed by atoms with E-state index in [1.807, 2.05) is 18.2 Å². The fourth-order valence-corrected chi connectivity index (χ4v) is 4.33. The first kappa shape index (κ1) is 22.5. The first-order valence-corrected chi connectivity index (χ1v) is 10.7. The smallest absolute Gasteiger partial charge is 0.318 e. The summed E-state index contributed by atoms with van der Waals surface area (Å²) in [6.45, 7) is 11.3. The molecule has 1 aliphatic heterocycles. The molecule has 0 saturated carbocycles. The number of hydrogen-bond donors (Lipinski definition) is 1. The van der Waals surface area contributed by atoms with Crippen molar-refractivity contribution in [3.63, 3.8) is 0 Å². The summed E-state index contributed by atoms with van der Waals surface area (Å²) in [5, 5.41) is 1.79. The minimum Gasteiger partial charge on any atom is -0.368 e. The normalized spacial score (nSPS) is 18.1. The van der Waals surface area contributed by atoms with Gasteiger partial charge in [0.2, 0.25) is 5.91 Å². The number of hydrogen-bond acceptors (Lipinski definition) is 5. The van der Waals surface area contributed by atoms with Crippen LogP contribution in [-0.2, 0) is 9.59 Å². The molecule has 3 aromatic rings. The Balaban J connectivity index is 1.82. The molecule has 4 rings (SSSR count). The predicted molar refractivity (Wildman–Crippen MR) is 128 cm³/mol. The lowest BCUT2D eigenvalue weighted by Crippen LogP contribution is -2.63. The number of rotatable bonds is 4. The quantitative estimate of drug-likeness (QED) is 0.454. The predicted octanol–water partition coefficient (Wildman–Crippen LogP) is 3.54. The van der Waals surface area contributed by atoms with E-state index in [1.165, 1.54) is 11.2 Å². The molecule has 1 aliphatic rings. The molecule has 166 valence electrons. The number of fused-ring (bicyclic) bond motifs is 1. The molecule has 1 unspecified atom stereocenters. The molecule has 2 heterocycles. The van der Waals surface area contributed by atoms with E-state index in [1.54, 1.807) is 23.1 Å². The number of halogens is 2. The van der Waals surface area contributed by atoms with Gasteiger partial charge in [0.15, 0.2) is 0 Å². The molecule has 1 fully saturated rings. The Hall–Kier alpha value is -3.67. The van der Waals surface area contributed by atoms with Gasteiger partial charge in [0.05, 0.1) is 10.5 Å². The van der Waals surface area contributed by atoms with E-state index in [2.05, 4.69) is 21.4 Å². The second-order valence-corrected chi connectivity index (χ2v) is 8.28. The Bertz CT molecular complexity index is 1300. The first-order chi connectivity index (χ1) is 15.8. The highest BCUT2D eigenvalue weighted by molar-refractivity contribution is 6.34. The number of amides is 2. The Kier molecular flexibility index (Phi) is 6.18. The van der Waals surface area contributed by atoms with Crippen molar-refractivity contribution in [3.05, 3.63) is 76.8 Å². The van der Waals surface area contributed by atoms with Gasteiger partial charge < -0.3 is 10.6 Å². The zero-order chi connectivity index (χ0) is 23.7. The Morgan fingerprint density at radius 2 is 1.91 bits per heavy atom. The lowest BCUT2D eigenvalue weighted by atomic mass is 10.0. The number of anilines is 1. The Labute approximate surface area is 200 Å². The third-order valence-electron chi connectivity index (χ3n) is 5.50. The lowest BCUT2D eigenvalue weighted by molar-refractivity contribution is -0.137. The highest BCUT2D eigenvalue weighted by atomic mass is 35.5. The van der Waals surface area contributed by atoms with Crippen LogP contribution in [-0.4, -0.2) is 52.0 Å². The van der Waals surface area contributed by atoms with Crippen molar-refractivity contribution < 1.29 is 9.59 Å². The topological polar surface area (TPSA) is 96.8 Å². The van der Waals surface area contributed by atoms with Gasteiger partial charge in [-0.15, -0.1) is 0 Å². The average molecular weight is 481 g/mol. The van der Waals surface area contributed by atoms with Crippen molar-refractivity contribution in [2.45, 2.75) is 12.2 Å². The Morgan fingerprint density at radius 1 is 1.18 bits per heavy atom. The van der Waals surface area contributed by atoms with Crippen LogP contribution in [0.15, 0.2) is 55.4 Å². The van der Waals surface area contributed by atoms with Crippen LogP contribution in [0.1, 0.15) is 0 Å². The lowest BCUT2D eigenvalue weighted by Gasteiger charge is -2.40. The van der Waals surface area contributed by atoms with Gasteiger partial charge >= 0.3 is 6.17 Å². The zero-order valence-corrected chi connectivity index (χ0v) is 18.8. The number of carbonyl (C=O) groups excluding carboxylic acids is 2. The molecule has 1 aromatic heterocycles. The first-order valence-electron chi connectivity index (χ1n) is 9.89. The minimum atomic E-state index is -1.02. The summed E-state index contributed by atoms with van der Waals surface area (Å²) in [4.78, 5) is 39.8. The van der Waals surface area contributed by atoms with Gasteiger partial charge in [0.25, 0.3) is 5.91 Å². The summed E-state index contributed by atoms with van der Waals surface area (Å²) in [6, 6.07) is 9.84. The molecule has 0 aliphatic carbocycles. The summed E-state index contributed by atoms with van der Waals surface area (Å²) in [5.74, 6) is -0.729. The van der Waals surface area contributed by atoms with Crippen LogP contribution in [0.3, 0.4) is 0 Å². The molecule has 2 amide bonds. The molecule has 0 radical (unpaired) electrons. The number of carbonyl (C=O) groups is 2. The fraction of sp³-hybridized carbons (Fsp3) is 0.174. The number of aromatic nitrogens is 2. The van der Waals surface area contributed by atoms with Crippen molar-refractivity contribution >= 4 is 51.7 Å². The van der Waals surface area contributed by atoms with Crippen molar-refractivity contribution in [1.82, 2.24) is 14.9 Å². The summed E-state index contributed by atoms with van der Waals surface area (Å²) in [6.07, 6.45) is 1.53. The van der Waals surface area contributed by atoms with Crippen LogP contribution in [0, 0.1) is 6.57 Å². The van der Waals surface area contributed by atoms with E-state index in [-0.39, 0.29) is 13.1 Å². The van der Waals surface area contributed by atoms with Gasteiger partial charge in [-0.05, 0) is 35.9 Å². The third kappa shape index (κ3) is 4.21. The fourth-order valence-electron chi connectivity index (χ4n) is 3.94. The minimum absolute atomic E-state index is 0.0753. The molecule has 10 heteroatoms. The van der Waals surface area contributed by atoms with Crippen LogP contribution in [0.4, 0.5) is 5.82 Å². The number of benzene rings is 2. The molecule has 0 spiro atoms. The molecule has 33 heavy (non-hydrogen) atoms. The van der Waals surface area contributed by atoms with Crippen molar-refractivity contribution in [3.8, 4) is 11.1 Å². The molecule has 0 bridgehead atoms. The van der Waals surface area contributed by atoms with E-state index < -0.39 is 24.0 Å². The van der Waals surface area contributed by atoms with Gasteiger partial charge in [-0.3, -0.25) is 19.3 Å². The third-order valence-corrected chi connectivity index (χ3v) is 6.06. The van der Waals surface area contributed by atoms with Crippen molar-refractivity contribution in [2.75, 3.05) is 18.0 Å². The second kappa shape index (κ2) is 9.06. The highest BCUT2D eigenvalue weighted by Gasteiger charge is 2.44. The van der Waals surface area contributed by atoms with Crippen LogP contribution in [0.25, 0.3) is 26.9 Å². The molecule has 2 N–H and O–H groups in total. The van der Waals surface area contributed by atoms with E-state index in [9.17, 15) is 9.59 Å². The highest BCUT2D eigenvalue weighted by Crippen LogP contribution is 2.36. The van der Waals surface area contributed by atoms with E-state index in [4.69, 9.17) is 35.5 Å². The molecule has 2 aromatic carbocycles. The summed E-state index contributed by atoms with van der Waals surface area (Å²) < 4.78 is 0. The van der Waals surface area contributed by atoms with Crippen LogP contribution >= 0.6 is 23.2 Å². The largest absolute Gasteiger partial charge is 0.368 e. The number of primary amides is 1. The van der Waals surface area contributed by atoms with E-state index >= 15 is 0 Å². The van der Waals surface area contributed by atoms with Crippen LogP contribution in [0.5, 0.6) is 0 Å². The summed E-state index contributed by atoms with van der Waals surface area (Å²) >= 11 is 12.6. The molecule has 1 saturated heterocycles. The van der Waals surface area contributed by atoms with Gasteiger partial charge in [0, 0.05) is 22.5 Å². The van der Waals surface area contributed by atoms with Gasteiger partial charge in [-0.1, -0.05) is 41.9 Å². The van der Waals surface area contributed by atoms with Crippen LogP contribution in [0.2, 0.25) is 10.0 Å². The second-order valence-electron chi connectivity index (χ2n) is 7.44. The number of nitrogens with two attached hydrogens (primary N) is 1. The van der Waals surface area contributed by atoms with E-state index in [0.717, 1.165) is 17.2 Å². The average Bonchev–Trinajstić information content (AvgIpc) is 2.82. The van der Waals surface area contributed by atoms with Gasteiger partial charge in [-0.2, -0.15) is 0 Å². The zero-order valence-electron chi connectivity index (χ0n) is 17.3. The number of piperazine rings is 1. The standard InChI is InChI=1S/C23H18Cl2N6O2/c1-3-21(32)31-19(22(26)33)10-30(11-20(31)27-2)23-16-8-15(13-4-6-14(24)7-5-13)17(25)9-18(16)28-12-29-23/h3-9,12,19-20H,1,10-11H2,(H2,26,33)/t19-,20?/m0/s1. The molecule has 8 nitrogen and oxygen atoms in total. The Morgan fingerprint density at radius 3 is 2.55 bits per heavy atom. The summed E-state index contributed by atoms with van der Waals surface area (Å²) in [7, 11) is 0. The maximum atomic E-state index is 12.4.